The van der Waals surface area contributed by atoms with Gasteiger partial charge in [0.05, 0.1) is 5.41 Å². The van der Waals surface area contributed by atoms with Gasteiger partial charge < -0.3 is 10.8 Å². The van der Waals surface area contributed by atoms with E-state index in [-0.39, 0.29) is 0 Å². The number of hydrogen-bond acceptors (Lipinski definition) is 2. The lowest BCUT2D eigenvalue weighted by Crippen LogP contribution is -2.19. The summed E-state index contributed by atoms with van der Waals surface area (Å²) in [6.45, 7) is 0. The van der Waals surface area contributed by atoms with E-state index in [4.69, 9.17) is 16.7 Å². The molecule has 0 aromatic heterocycles. The summed E-state index contributed by atoms with van der Waals surface area (Å²) in [5.74, 6) is -0.727. The molecule has 1 aromatic carbocycles. The SMILES string of the molecule is CN.O=C(O)C1(c2ccc(Cl)cc2)CC1. The number of benzene rings is 1. The van der Waals surface area contributed by atoms with Crippen molar-refractivity contribution in [1.82, 2.24) is 0 Å². The van der Waals surface area contributed by atoms with Crippen LogP contribution >= 0.6 is 11.6 Å². The number of carboxylic acid groups (broad SMARTS) is 1. The molecule has 1 aromatic rings. The fraction of sp³-hybridized carbons (Fsp3) is 0.364. The minimum atomic E-state index is -0.727. The molecule has 2 rings (SSSR count). The predicted octanol–water partition coefficient (Wildman–Crippen LogP) is 2.03. The monoisotopic (exact) mass is 227 g/mol. The summed E-state index contributed by atoms with van der Waals surface area (Å²) in [6, 6.07) is 7.06. The van der Waals surface area contributed by atoms with Gasteiger partial charge in [0.15, 0.2) is 0 Å². The topological polar surface area (TPSA) is 63.3 Å². The molecule has 0 unspecified atom stereocenters. The third-order valence-electron chi connectivity index (χ3n) is 2.56. The smallest absolute Gasteiger partial charge is 0.314 e. The number of halogens is 1. The Kier molecular flexibility index (Phi) is 3.72. The Hall–Kier alpha value is -1.06. The van der Waals surface area contributed by atoms with Crippen molar-refractivity contribution in [2.24, 2.45) is 5.73 Å². The van der Waals surface area contributed by atoms with Crippen molar-refractivity contribution >= 4 is 17.6 Å². The van der Waals surface area contributed by atoms with Crippen molar-refractivity contribution in [3.8, 4) is 0 Å². The van der Waals surface area contributed by atoms with Crippen LogP contribution in [0.2, 0.25) is 5.02 Å². The van der Waals surface area contributed by atoms with E-state index in [0.717, 1.165) is 18.4 Å². The van der Waals surface area contributed by atoms with Crippen molar-refractivity contribution in [2.75, 3.05) is 7.05 Å². The van der Waals surface area contributed by atoms with Gasteiger partial charge >= 0.3 is 5.97 Å². The van der Waals surface area contributed by atoms with E-state index in [2.05, 4.69) is 5.73 Å². The van der Waals surface area contributed by atoms with Crippen molar-refractivity contribution in [2.45, 2.75) is 18.3 Å². The lowest BCUT2D eigenvalue weighted by molar-refractivity contribution is -0.140. The highest BCUT2D eigenvalue weighted by Crippen LogP contribution is 2.48. The van der Waals surface area contributed by atoms with Gasteiger partial charge in [0, 0.05) is 5.02 Å². The summed E-state index contributed by atoms with van der Waals surface area (Å²) in [4.78, 5) is 10.9. The Morgan fingerprint density at radius 3 is 2.13 bits per heavy atom. The molecular formula is C11H14ClNO2. The quantitative estimate of drug-likeness (QED) is 0.813. The average molecular weight is 228 g/mol. The zero-order chi connectivity index (χ0) is 11.5. The highest BCUT2D eigenvalue weighted by atomic mass is 35.5. The summed E-state index contributed by atoms with van der Waals surface area (Å²) >= 11 is 5.71. The molecule has 0 radical (unpaired) electrons. The first-order valence-electron chi connectivity index (χ1n) is 4.72. The van der Waals surface area contributed by atoms with Crippen LogP contribution in [0.3, 0.4) is 0 Å². The van der Waals surface area contributed by atoms with Crippen LogP contribution in [0.15, 0.2) is 24.3 Å². The number of nitrogens with two attached hydrogens (primary N) is 1. The summed E-state index contributed by atoms with van der Waals surface area (Å²) in [5, 5.41) is 9.64. The molecule has 1 aliphatic carbocycles. The Bertz CT molecular complexity index is 344. The van der Waals surface area contributed by atoms with Gasteiger partial charge in [0.2, 0.25) is 0 Å². The zero-order valence-electron chi connectivity index (χ0n) is 8.53. The average Bonchev–Trinajstić information content (AvgIpc) is 3.03. The summed E-state index contributed by atoms with van der Waals surface area (Å²) in [7, 11) is 1.50. The highest BCUT2D eigenvalue weighted by Gasteiger charge is 2.51. The molecule has 1 fully saturated rings. The number of carbonyl (C=O) groups is 1. The molecule has 0 atom stereocenters. The Morgan fingerprint density at radius 1 is 1.33 bits per heavy atom. The molecule has 0 amide bonds. The van der Waals surface area contributed by atoms with Gasteiger partial charge in [0.25, 0.3) is 0 Å². The number of hydrogen-bond donors (Lipinski definition) is 2. The van der Waals surface area contributed by atoms with Gasteiger partial charge in [-0.3, -0.25) is 4.79 Å². The molecule has 0 bridgehead atoms. The minimum absolute atomic E-state index is 0.607. The lowest BCUT2D eigenvalue weighted by Gasteiger charge is -2.09. The lowest BCUT2D eigenvalue weighted by atomic mass is 9.96. The Balaban J connectivity index is 0.000000531. The highest BCUT2D eigenvalue weighted by molar-refractivity contribution is 6.30. The van der Waals surface area contributed by atoms with Crippen LogP contribution in [0.25, 0.3) is 0 Å². The number of rotatable bonds is 2. The van der Waals surface area contributed by atoms with Crippen molar-refractivity contribution in [3.63, 3.8) is 0 Å². The predicted molar refractivity (Wildman–Crippen MR) is 60.1 cm³/mol. The standard InChI is InChI=1S/C10H9ClO2.CH5N/c11-8-3-1-7(2-4-8)10(5-6-10)9(12)13;1-2/h1-4H,5-6H2,(H,12,13);2H2,1H3. The molecule has 3 N–H and O–H groups in total. The molecule has 1 aliphatic rings. The second kappa shape index (κ2) is 4.64. The molecule has 4 heteroatoms. The van der Waals surface area contributed by atoms with E-state index < -0.39 is 11.4 Å². The molecule has 0 aliphatic heterocycles. The maximum atomic E-state index is 10.9. The van der Waals surface area contributed by atoms with Gasteiger partial charge in [0.1, 0.15) is 0 Å². The minimum Gasteiger partial charge on any atom is -0.481 e. The van der Waals surface area contributed by atoms with Crippen LogP contribution in [-0.2, 0) is 10.2 Å². The van der Waals surface area contributed by atoms with E-state index in [1.54, 1.807) is 24.3 Å². The number of carboxylic acids is 1. The second-order valence-electron chi connectivity index (χ2n) is 3.39. The van der Waals surface area contributed by atoms with Crippen LogP contribution in [0.4, 0.5) is 0 Å². The van der Waals surface area contributed by atoms with Crippen molar-refractivity contribution in [1.29, 1.82) is 0 Å². The molecule has 15 heavy (non-hydrogen) atoms. The summed E-state index contributed by atoms with van der Waals surface area (Å²) in [5.41, 5.74) is 4.76. The summed E-state index contributed by atoms with van der Waals surface area (Å²) < 4.78 is 0. The third kappa shape index (κ3) is 2.30. The van der Waals surface area contributed by atoms with Gasteiger partial charge in [-0.05, 0) is 37.6 Å². The molecule has 0 saturated heterocycles. The largest absolute Gasteiger partial charge is 0.481 e. The Labute approximate surface area is 93.9 Å². The zero-order valence-corrected chi connectivity index (χ0v) is 9.29. The van der Waals surface area contributed by atoms with Crippen molar-refractivity contribution < 1.29 is 9.90 Å². The summed E-state index contributed by atoms with van der Waals surface area (Å²) in [6.07, 6.45) is 1.48. The Morgan fingerprint density at radius 2 is 1.80 bits per heavy atom. The van der Waals surface area contributed by atoms with E-state index in [9.17, 15) is 4.79 Å². The van der Waals surface area contributed by atoms with Crippen LogP contribution in [0, 0.1) is 0 Å². The number of aliphatic carboxylic acids is 1. The van der Waals surface area contributed by atoms with Gasteiger partial charge in [-0.2, -0.15) is 0 Å². The molecule has 3 nitrogen and oxygen atoms in total. The van der Waals surface area contributed by atoms with Crippen LogP contribution in [0.1, 0.15) is 18.4 Å². The maximum absolute atomic E-state index is 10.9. The van der Waals surface area contributed by atoms with Crippen molar-refractivity contribution in [3.05, 3.63) is 34.9 Å². The first kappa shape index (κ1) is 12.0. The van der Waals surface area contributed by atoms with Crippen LogP contribution in [-0.4, -0.2) is 18.1 Å². The molecule has 0 spiro atoms. The van der Waals surface area contributed by atoms with Gasteiger partial charge in [-0.15, -0.1) is 0 Å². The normalized spacial score (nSPS) is 16.2. The molecule has 0 heterocycles. The van der Waals surface area contributed by atoms with Crippen LogP contribution in [0.5, 0.6) is 0 Å². The third-order valence-corrected chi connectivity index (χ3v) is 2.81. The fourth-order valence-electron chi connectivity index (χ4n) is 1.52. The van der Waals surface area contributed by atoms with Gasteiger partial charge in [-0.1, -0.05) is 23.7 Å². The van der Waals surface area contributed by atoms with E-state index in [1.165, 1.54) is 7.05 Å². The molecule has 1 saturated carbocycles. The second-order valence-corrected chi connectivity index (χ2v) is 3.83. The van der Waals surface area contributed by atoms with Gasteiger partial charge in [-0.25, -0.2) is 0 Å². The van der Waals surface area contributed by atoms with E-state index >= 15 is 0 Å². The molecule has 82 valence electrons. The van der Waals surface area contributed by atoms with E-state index in [0.29, 0.717) is 5.02 Å². The maximum Gasteiger partial charge on any atom is 0.314 e. The van der Waals surface area contributed by atoms with E-state index in [1.807, 2.05) is 0 Å². The first-order valence-corrected chi connectivity index (χ1v) is 5.10. The fourth-order valence-corrected chi connectivity index (χ4v) is 1.65. The van der Waals surface area contributed by atoms with Crippen LogP contribution < -0.4 is 5.73 Å². The molecular weight excluding hydrogens is 214 g/mol. The first-order chi connectivity index (χ1) is 7.15.